The van der Waals surface area contributed by atoms with E-state index in [1.165, 1.54) is 18.4 Å². The van der Waals surface area contributed by atoms with Crippen molar-refractivity contribution in [3.05, 3.63) is 90.5 Å². The van der Waals surface area contributed by atoms with Crippen molar-refractivity contribution in [3.8, 4) is 0 Å². The number of carbonyl (C=O) groups excluding carboxylic acids is 3. The number of amides is 2. The second-order valence-electron chi connectivity index (χ2n) is 9.32. The number of carbonyl (C=O) groups is 3. The quantitative estimate of drug-likeness (QED) is 0.278. The number of nitrogens with one attached hydrogen (secondary N) is 2. The lowest BCUT2D eigenvalue weighted by Crippen LogP contribution is -2.57. The number of nitrogens with zero attached hydrogens (tertiary/aromatic N) is 1. The molecule has 2 unspecified atom stereocenters. The minimum absolute atomic E-state index is 0.0448. The van der Waals surface area contributed by atoms with E-state index in [1.54, 1.807) is 4.90 Å². The summed E-state index contributed by atoms with van der Waals surface area (Å²) >= 11 is 0. The van der Waals surface area contributed by atoms with Crippen molar-refractivity contribution < 1.29 is 27.9 Å². The van der Waals surface area contributed by atoms with Gasteiger partial charge in [-0.2, -0.15) is 0 Å². The summed E-state index contributed by atoms with van der Waals surface area (Å²) in [5.74, 6) is -2.91. The predicted molar refractivity (Wildman–Crippen MR) is 141 cm³/mol. The van der Waals surface area contributed by atoms with E-state index in [9.17, 15) is 23.2 Å². The minimum Gasteiger partial charge on any atom is -0.450 e. The topological polar surface area (TPSA) is 87.7 Å². The molecule has 2 aliphatic rings. The highest BCUT2D eigenvalue weighted by Gasteiger charge is 2.34. The van der Waals surface area contributed by atoms with E-state index in [-0.39, 0.29) is 36.1 Å². The molecule has 0 aromatic heterocycles. The average molecular weight is 526 g/mol. The summed E-state index contributed by atoms with van der Waals surface area (Å²) in [4.78, 5) is 36.5. The van der Waals surface area contributed by atoms with Gasteiger partial charge in [-0.1, -0.05) is 50.8 Å². The summed E-state index contributed by atoms with van der Waals surface area (Å²) < 4.78 is 34.0. The molecule has 2 fully saturated rings. The SMILES string of the molecule is C=COC(=C)NC1CN(c2cc(F)c(C3CCC(=O)NC3=O)c(F)c2)C1.CCC(C)C(=O)c1ccccc1. The van der Waals surface area contributed by atoms with E-state index in [1.807, 2.05) is 44.2 Å². The van der Waals surface area contributed by atoms with Crippen LogP contribution in [0.15, 0.2) is 67.8 Å². The van der Waals surface area contributed by atoms with Crippen molar-refractivity contribution in [1.82, 2.24) is 10.6 Å². The summed E-state index contributed by atoms with van der Waals surface area (Å²) in [5.41, 5.74) is 0.929. The maximum atomic E-state index is 14.5. The smallest absolute Gasteiger partial charge is 0.234 e. The number of anilines is 1. The maximum absolute atomic E-state index is 14.5. The fourth-order valence-corrected chi connectivity index (χ4v) is 4.27. The Kier molecular flexibility index (Phi) is 9.76. The average Bonchev–Trinajstić information content (AvgIpc) is 2.87. The molecule has 2 atom stereocenters. The highest BCUT2D eigenvalue weighted by atomic mass is 19.1. The molecule has 9 heteroatoms. The number of ketones is 1. The van der Waals surface area contributed by atoms with Crippen LogP contribution in [-0.2, 0) is 14.3 Å². The zero-order valence-corrected chi connectivity index (χ0v) is 21.6. The number of halogens is 2. The molecule has 4 rings (SSSR count). The van der Waals surface area contributed by atoms with Crippen LogP contribution >= 0.6 is 0 Å². The van der Waals surface area contributed by atoms with Crippen LogP contribution in [0.25, 0.3) is 0 Å². The van der Waals surface area contributed by atoms with Gasteiger partial charge in [0.15, 0.2) is 11.7 Å². The Bertz CT molecular complexity index is 1170. The lowest BCUT2D eigenvalue weighted by atomic mass is 9.89. The molecular weight excluding hydrogens is 492 g/mol. The van der Waals surface area contributed by atoms with Gasteiger partial charge in [0.1, 0.15) is 11.6 Å². The largest absolute Gasteiger partial charge is 0.450 e. The van der Waals surface area contributed by atoms with Crippen molar-refractivity contribution in [2.45, 2.75) is 45.1 Å². The summed E-state index contributed by atoms with van der Waals surface area (Å²) in [5, 5.41) is 5.14. The van der Waals surface area contributed by atoms with Gasteiger partial charge in [-0.3, -0.25) is 19.7 Å². The summed E-state index contributed by atoms with van der Waals surface area (Å²) in [7, 11) is 0. The number of rotatable bonds is 9. The molecule has 2 N–H and O–H groups in total. The van der Waals surface area contributed by atoms with Gasteiger partial charge in [0, 0.05) is 42.2 Å². The van der Waals surface area contributed by atoms with Crippen molar-refractivity contribution >= 4 is 23.3 Å². The fourth-order valence-electron chi connectivity index (χ4n) is 4.27. The Morgan fingerprint density at radius 3 is 2.39 bits per heavy atom. The Morgan fingerprint density at radius 1 is 1.21 bits per heavy atom. The molecule has 2 amide bonds. The number of piperidine rings is 1. The van der Waals surface area contributed by atoms with Crippen LogP contribution < -0.4 is 15.5 Å². The number of hydrogen-bond donors (Lipinski definition) is 2. The molecule has 2 saturated heterocycles. The minimum atomic E-state index is -0.994. The van der Waals surface area contributed by atoms with E-state index in [0.717, 1.165) is 12.0 Å². The molecule has 2 aliphatic heterocycles. The van der Waals surface area contributed by atoms with Gasteiger partial charge in [-0.05, 0) is 31.6 Å². The Labute approximate surface area is 221 Å². The second kappa shape index (κ2) is 13.0. The Balaban J connectivity index is 0.000000279. The van der Waals surface area contributed by atoms with Crippen LogP contribution in [0.2, 0.25) is 0 Å². The molecule has 0 aliphatic carbocycles. The molecule has 202 valence electrons. The number of benzene rings is 2. The number of ether oxygens (including phenoxy) is 1. The monoisotopic (exact) mass is 525 g/mol. The molecule has 0 spiro atoms. The molecule has 0 bridgehead atoms. The lowest BCUT2D eigenvalue weighted by molar-refractivity contribution is -0.134. The van der Waals surface area contributed by atoms with E-state index in [4.69, 9.17) is 4.74 Å². The first-order chi connectivity index (χ1) is 18.1. The van der Waals surface area contributed by atoms with E-state index < -0.39 is 29.4 Å². The van der Waals surface area contributed by atoms with Gasteiger partial charge in [0.2, 0.25) is 11.8 Å². The van der Waals surface area contributed by atoms with Crippen molar-refractivity contribution in [1.29, 1.82) is 0 Å². The van der Waals surface area contributed by atoms with Crippen LogP contribution in [0, 0.1) is 17.6 Å². The van der Waals surface area contributed by atoms with Crippen LogP contribution in [-0.4, -0.2) is 36.7 Å². The third kappa shape index (κ3) is 7.06. The maximum Gasteiger partial charge on any atom is 0.234 e. The van der Waals surface area contributed by atoms with Gasteiger partial charge in [0.05, 0.1) is 18.2 Å². The third-order valence-corrected chi connectivity index (χ3v) is 6.61. The van der Waals surface area contributed by atoms with Crippen molar-refractivity contribution in [2.24, 2.45) is 5.92 Å². The summed E-state index contributed by atoms with van der Waals surface area (Å²) in [6, 6.07) is 11.9. The van der Waals surface area contributed by atoms with Crippen LogP contribution in [0.3, 0.4) is 0 Å². The normalized spacial score (nSPS) is 17.8. The molecular formula is C29H33F2N3O4. The predicted octanol–water partition coefficient (Wildman–Crippen LogP) is 4.81. The van der Waals surface area contributed by atoms with Crippen LogP contribution in [0.4, 0.5) is 14.5 Å². The first kappa shape index (κ1) is 28.6. The van der Waals surface area contributed by atoms with Gasteiger partial charge >= 0.3 is 0 Å². The molecule has 0 radical (unpaired) electrons. The first-order valence-corrected chi connectivity index (χ1v) is 12.5. The van der Waals surface area contributed by atoms with Gasteiger partial charge < -0.3 is 15.0 Å². The summed E-state index contributed by atoms with van der Waals surface area (Å²) in [6.07, 6.45) is 2.32. The zero-order valence-electron chi connectivity index (χ0n) is 21.6. The fraction of sp³-hybridized carbons (Fsp3) is 0.345. The second-order valence-corrected chi connectivity index (χ2v) is 9.32. The molecule has 2 heterocycles. The third-order valence-electron chi connectivity index (χ3n) is 6.61. The highest BCUT2D eigenvalue weighted by Crippen LogP contribution is 2.33. The highest BCUT2D eigenvalue weighted by molar-refractivity contribution is 6.01. The lowest BCUT2D eigenvalue weighted by Gasteiger charge is -2.41. The Morgan fingerprint density at radius 2 is 1.84 bits per heavy atom. The first-order valence-electron chi connectivity index (χ1n) is 12.5. The van der Waals surface area contributed by atoms with Gasteiger partial charge in [0.25, 0.3) is 0 Å². The molecule has 38 heavy (non-hydrogen) atoms. The molecule has 7 nitrogen and oxygen atoms in total. The zero-order chi connectivity index (χ0) is 27.8. The molecule has 2 aromatic carbocycles. The number of Topliss-reactive ketones (excluding diaryl/α,β-unsaturated/α-hetero) is 1. The standard InChI is InChI=1S/C18H19F2N3O3.C11H14O/c1-3-26-10(2)21-11-8-23(9-11)12-6-14(19)17(15(20)7-12)13-4-5-16(24)22-18(13)25;1-3-9(2)11(12)10-7-5-4-6-8-10/h3,6-7,11,13,21H,1-2,4-5,8-9H2,(H,22,24,25);4-9H,3H2,1-2H3. The Hall–Kier alpha value is -4.01. The van der Waals surface area contributed by atoms with Crippen LogP contribution in [0.5, 0.6) is 0 Å². The van der Waals surface area contributed by atoms with Crippen molar-refractivity contribution in [2.75, 3.05) is 18.0 Å². The molecule has 2 aromatic rings. The van der Waals surface area contributed by atoms with Crippen molar-refractivity contribution in [3.63, 3.8) is 0 Å². The number of imide groups is 1. The van der Waals surface area contributed by atoms with E-state index in [2.05, 4.69) is 23.8 Å². The molecule has 0 saturated carbocycles. The van der Waals surface area contributed by atoms with Crippen LogP contribution in [0.1, 0.15) is 54.9 Å². The summed E-state index contributed by atoms with van der Waals surface area (Å²) in [6.45, 7) is 12.1. The van der Waals surface area contributed by atoms with E-state index in [0.29, 0.717) is 24.7 Å². The van der Waals surface area contributed by atoms with Gasteiger partial charge in [-0.25, -0.2) is 8.78 Å². The van der Waals surface area contributed by atoms with Gasteiger partial charge in [-0.15, -0.1) is 0 Å². The van der Waals surface area contributed by atoms with E-state index >= 15 is 0 Å². The number of hydrogen-bond acceptors (Lipinski definition) is 6.